The molecule has 0 bridgehead atoms. The van der Waals surface area contributed by atoms with Crippen molar-refractivity contribution < 1.29 is 9.34 Å². The van der Waals surface area contributed by atoms with E-state index >= 15 is 0 Å². The number of nitrogens with two attached hydrogens (primary N) is 1. The highest BCUT2D eigenvalue weighted by molar-refractivity contribution is 8.13. The van der Waals surface area contributed by atoms with Gasteiger partial charge in [0.1, 0.15) is 4.92 Å². The maximum atomic E-state index is 10.3. The van der Waals surface area contributed by atoms with Crippen LogP contribution in [0.3, 0.4) is 0 Å². The summed E-state index contributed by atoms with van der Waals surface area (Å²) < 4.78 is 4.83. The number of thioether (sulfide) groups is 1. The van der Waals surface area contributed by atoms with E-state index in [4.69, 9.17) is 10.2 Å². The van der Waals surface area contributed by atoms with Crippen LogP contribution in [0.25, 0.3) is 0 Å². The molecule has 0 saturated heterocycles. The Labute approximate surface area is 101 Å². The monoisotopic (exact) mass is 254 g/mol. The van der Waals surface area contributed by atoms with Crippen molar-refractivity contribution in [2.75, 3.05) is 5.75 Å². The first kappa shape index (κ1) is 13.0. The van der Waals surface area contributed by atoms with Crippen molar-refractivity contribution in [3.63, 3.8) is 0 Å². The minimum Gasteiger partial charge on any atom is -0.400 e. The molecule has 0 aromatic carbocycles. The molecule has 1 rings (SSSR count). The maximum Gasteiger partial charge on any atom is 0.433 e. The third-order valence-corrected chi connectivity index (χ3v) is 2.26. The van der Waals surface area contributed by atoms with Crippen LogP contribution in [0.1, 0.15) is 5.76 Å². The number of hydrogen-bond donors (Lipinski definition) is 1. The quantitative estimate of drug-likeness (QED) is 0.283. The van der Waals surface area contributed by atoms with Gasteiger partial charge in [0, 0.05) is 5.75 Å². The first-order chi connectivity index (χ1) is 8.13. The molecule has 8 heteroatoms. The predicted molar refractivity (Wildman–Crippen MR) is 67.2 cm³/mol. The number of amidine groups is 1. The van der Waals surface area contributed by atoms with Crippen LogP contribution in [0, 0.1) is 10.1 Å². The van der Waals surface area contributed by atoms with Crippen molar-refractivity contribution in [2.24, 2.45) is 15.9 Å². The van der Waals surface area contributed by atoms with Gasteiger partial charge in [-0.2, -0.15) is 5.10 Å². The van der Waals surface area contributed by atoms with Crippen molar-refractivity contribution in [2.45, 2.75) is 0 Å². The second kappa shape index (κ2) is 6.48. The van der Waals surface area contributed by atoms with Crippen LogP contribution in [0.4, 0.5) is 5.88 Å². The summed E-state index contributed by atoms with van der Waals surface area (Å²) in [4.78, 5) is 9.69. The van der Waals surface area contributed by atoms with E-state index in [2.05, 4.69) is 16.8 Å². The summed E-state index contributed by atoms with van der Waals surface area (Å²) in [5, 5.41) is 17.9. The van der Waals surface area contributed by atoms with E-state index in [0.29, 0.717) is 5.75 Å². The lowest BCUT2D eigenvalue weighted by Crippen LogP contribution is -2.05. The molecular formula is C9H10N4O3S. The first-order valence-corrected chi connectivity index (χ1v) is 5.46. The van der Waals surface area contributed by atoms with E-state index in [1.165, 1.54) is 30.1 Å². The van der Waals surface area contributed by atoms with Crippen molar-refractivity contribution in [3.05, 3.63) is 40.7 Å². The second-order valence-electron chi connectivity index (χ2n) is 2.72. The summed E-state index contributed by atoms with van der Waals surface area (Å²) >= 11 is 1.28. The van der Waals surface area contributed by atoms with Gasteiger partial charge in [-0.3, -0.25) is 10.1 Å². The molecule has 0 radical (unpaired) electrons. The molecule has 17 heavy (non-hydrogen) atoms. The predicted octanol–water partition coefficient (Wildman–Crippen LogP) is 1.76. The van der Waals surface area contributed by atoms with E-state index in [9.17, 15) is 10.1 Å². The zero-order valence-electron chi connectivity index (χ0n) is 8.78. The molecule has 0 unspecified atom stereocenters. The minimum absolute atomic E-state index is 0.238. The Morgan fingerprint density at radius 1 is 1.71 bits per heavy atom. The Kier molecular flexibility index (Phi) is 4.95. The average molecular weight is 254 g/mol. The lowest BCUT2D eigenvalue weighted by atomic mass is 10.5. The zero-order valence-corrected chi connectivity index (χ0v) is 9.59. The fourth-order valence-corrected chi connectivity index (χ4v) is 1.22. The molecule has 0 spiro atoms. The molecule has 1 aromatic rings. The Morgan fingerprint density at radius 3 is 3.06 bits per heavy atom. The fourth-order valence-electron chi connectivity index (χ4n) is 0.826. The summed E-state index contributed by atoms with van der Waals surface area (Å²) in [6.45, 7) is 3.53. The zero-order chi connectivity index (χ0) is 12.7. The molecule has 2 N–H and O–H groups in total. The normalized spacial score (nSPS) is 11.9. The van der Waals surface area contributed by atoms with Gasteiger partial charge < -0.3 is 10.2 Å². The number of rotatable bonds is 5. The van der Waals surface area contributed by atoms with Crippen molar-refractivity contribution >= 4 is 29.0 Å². The van der Waals surface area contributed by atoms with Crippen LogP contribution < -0.4 is 5.73 Å². The number of hydrogen-bond acceptors (Lipinski definition) is 6. The first-order valence-electron chi connectivity index (χ1n) is 4.48. The molecule has 0 atom stereocenters. The molecule has 7 nitrogen and oxygen atoms in total. The Hall–Kier alpha value is -2.09. The van der Waals surface area contributed by atoms with E-state index in [1.807, 2.05) is 0 Å². The summed E-state index contributed by atoms with van der Waals surface area (Å²) in [7, 11) is 0. The Balaban J connectivity index is 2.58. The third-order valence-electron chi connectivity index (χ3n) is 1.48. The van der Waals surface area contributed by atoms with Crippen LogP contribution in [0.15, 0.2) is 39.4 Å². The molecule has 0 aliphatic carbocycles. The molecule has 1 heterocycles. The van der Waals surface area contributed by atoms with E-state index in [-0.39, 0.29) is 16.8 Å². The summed E-state index contributed by atoms with van der Waals surface area (Å²) in [5.74, 6) is 0.531. The van der Waals surface area contributed by atoms with Crippen LogP contribution in [0.2, 0.25) is 0 Å². The molecule has 0 saturated carbocycles. The standard InChI is InChI=1S/C9H10N4O3S/c1-2-5-17-9(10)12-11-6-7-3-4-8(16-7)13(14)15/h2-4,6H,1,5H2,(H2,10,12)/b11-6+. The van der Waals surface area contributed by atoms with E-state index in [1.54, 1.807) is 6.08 Å². The second-order valence-corrected chi connectivity index (χ2v) is 3.76. The van der Waals surface area contributed by atoms with Crippen molar-refractivity contribution in [3.8, 4) is 0 Å². The molecule has 0 aliphatic rings. The van der Waals surface area contributed by atoms with Gasteiger partial charge in [0.05, 0.1) is 12.3 Å². The van der Waals surface area contributed by atoms with Gasteiger partial charge in [-0.1, -0.05) is 17.8 Å². The summed E-state index contributed by atoms with van der Waals surface area (Å²) in [6, 6.07) is 2.66. The SMILES string of the molecule is C=CCS/C(N)=N/N=C/c1ccc([N+](=O)[O-])o1. The summed E-state index contributed by atoms with van der Waals surface area (Å²) in [5.41, 5.74) is 5.49. The number of furan rings is 1. The lowest BCUT2D eigenvalue weighted by molar-refractivity contribution is -0.402. The topological polar surface area (TPSA) is 107 Å². The lowest BCUT2D eigenvalue weighted by Gasteiger charge is -1.91. The van der Waals surface area contributed by atoms with Crippen LogP contribution in [0.5, 0.6) is 0 Å². The van der Waals surface area contributed by atoms with Crippen molar-refractivity contribution in [1.82, 2.24) is 0 Å². The van der Waals surface area contributed by atoms with E-state index < -0.39 is 4.92 Å². The molecule has 0 aliphatic heterocycles. The van der Waals surface area contributed by atoms with Gasteiger partial charge in [-0.25, -0.2) is 0 Å². The highest BCUT2D eigenvalue weighted by Gasteiger charge is 2.09. The number of nitro groups is 1. The van der Waals surface area contributed by atoms with Crippen LogP contribution in [-0.2, 0) is 0 Å². The third kappa shape index (κ3) is 4.51. The molecular weight excluding hydrogens is 244 g/mol. The van der Waals surface area contributed by atoms with Gasteiger partial charge in [-0.15, -0.1) is 11.7 Å². The van der Waals surface area contributed by atoms with Gasteiger partial charge in [0.15, 0.2) is 10.9 Å². The maximum absolute atomic E-state index is 10.3. The Morgan fingerprint density at radius 2 is 2.47 bits per heavy atom. The minimum atomic E-state index is -0.630. The molecule has 0 fully saturated rings. The molecule has 0 amide bonds. The van der Waals surface area contributed by atoms with Gasteiger partial charge in [-0.05, 0) is 6.07 Å². The number of nitrogens with zero attached hydrogens (tertiary/aromatic N) is 3. The highest BCUT2D eigenvalue weighted by atomic mass is 32.2. The van der Waals surface area contributed by atoms with E-state index in [0.717, 1.165) is 0 Å². The highest BCUT2D eigenvalue weighted by Crippen LogP contribution is 2.13. The van der Waals surface area contributed by atoms with Crippen LogP contribution in [-0.4, -0.2) is 22.1 Å². The van der Waals surface area contributed by atoms with Gasteiger partial charge >= 0.3 is 5.88 Å². The smallest absolute Gasteiger partial charge is 0.400 e. The van der Waals surface area contributed by atoms with Crippen molar-refractivity contribution in [1.29, 1.82) is 0 Å². The van der Waals surface area contributed by atoms with Gasteiger partial charge in [0.2, 0.25) is 0 Å². The van der Waals surface area contributed by atoms with Gasteiger partial charge in [0.25, 0.3) is 0 Å². The Bertz CT molecular complexity index is 467. The largest absolute Gasteiger partial charge is 0.433 e. The van der Waals surface area contributed by atoms with Crippen LogP contribution >= 0.6 is 11.8 Å². The molecule has 90 valence electrons. The average Bonchev–Trinajstić information content (AvgIpc) is 2.75. The summed E-state index contributed by atoms with van der Waals surface area (Å²) in [6.07, 6.45) is 2.93. The molecule has 1 aromatic heterocycles. The fraction of sp³-hybridized carbons (Fsp3) is 0.111.